The lowest BCUT2D eigenvalue weighted by molar-refractivity contribution is -0.134. The van der Waals surface area contributed by atoms with Crippen molar-refractivity contribution < 1.29 is 18.8 Å². The number of carbonyl (C=O) groups is 3. The van der Waals surface area contributed by atoms with E-state index in [0.29, 0.717) is 23.3 Å². The molecule has 34 heavy (non-hydrogen) atoms. The SMILES string of the molecule is Cc1ccc(C2(C)NC(=O)N(CC(=O)Nc3cc(C4CCCC4)nn3-c3ccccc3)C2=O)o1. The van der Waals surface area contributed by atoms with Gasteiger partial charge in [0.15, 0.2) is 5.54 Å². The second-order valence-electron chi connectivity index (χ2n) is 9.09. The highest BCUT2D eigenvalue weighted by Crippen LogP contribution is 2.35. The second kappa shape index (κ2) is 8.48. The molecule has 176 valence electrons. The van der Waals surface area contributed by atoms with E-state index < -0.39 is 29.9 Å². The number of furan rings is 1. The normalized spacial score (nSPS) is 20.7. The average Bonchev–Trinajstić information content (AvgIpc) is 3.60. The quantitative estimate of drug-likeness (QED) is 0.542. The number of nitrogens with zero attached hydrogens (tertiary/aromatic N) is 3. The molecule has 2 fully saturated rings. The summed E-state index contributed by atoms with van der Waals surface area (Å²) in [5.41, 5.74) is 0.401. The second-order valence-corrected chi connectivity index (χ2v) is 9.09. The Kier molecular flexibility index (Phi) is 5.47. The van der Waals surface area contributed by atoms with Crippen molar-refractivity contribution in [3.05, 3.63) is 65.7 Å². The Morgan fingerprint density at radius 2 is 1.91 bits per heavy atom. The predicted octanol–water partition coefficient (Wildman–Crippen LogP) is 3.84. The van der Waals surface area contributed by atoms with Gasteiger partial charge in [-0.3, -0.25) is 14.5 Å². The fourth-order valence-corrected chi connectivity index (χ4v) is 4.71. The Hall–Kier alpha value is -3.88. The lowest BCUT2D eigenvalue weighted by atomic mass is 9.99. The fraction of sp³-hybridized carbons (Fsp3) is 0.360. The monoisotopic (exact) mass is 461 g/mol. The minimum absolute atomic E-state index is 0.328. The van der Waals surface area contributed by atoms with Gasteiger partial charge in [0.1, 0.15) is 23.9 Å². The summed E-state index contributed by atoms with van der Waals surface area (Å²) in [6, 6.07) is 14.2. The van der Waals surface area contributed by atoms with Gasteiger partial charge >= 0.3 is 6.03 Å². The highest BCUT2D eigenvalue weighted by molar-refractivity contribution is 6.09. The van der Waals surface area contributed by atoms with Crippen molar-refractivity contribution in [1.82, 2.24) is 20.0 Å². The number of amides is 4. The van der Waals surface area contributed by atoms with Crippen LogP contribution in [0.3, 0.4) is 0 Å². The highest BCUT2D eigenvalue weighted by Gasteiger charge is 2.51. The van der Waals surface area contributed by atoms with E-state index in [-0.39, 0.29) is 0 Å². The van der Waals surface area contributed by atoms with Gasteiger partial charge in [0, 0.05) is 12.0 Å². The van der Waals surface area contributed by atoms with Crippen molar-refractivity contribution >= 4 is 23.7 Å². The number of carbonyl (C=O) groups excluding carboxylic acids is 3. The van der Waals surface area contributed by atoms with E-state index in [2.05, 4.69) is 10.6 Å². The van der Waals surface area contributed by atoms with Crippen LogP contribution in [0.15, 0.2) is 52.9 Å². The first-order valence-corrected chi connectivity index (χ1v) is 11.5. The third-order valence-corrected chi connectivity index (χ3v) is 6.58. The maximum atomic E-state index is 13.1. The molecule has 1 aliphatic heterocycles. The molecule has 0 radical (unpaired) electrons. The smallest absolute Gasteiger partial charge is 0.325 e. The van der Waals surface area contributed by atoms with Crippen molar-refractivity contribution in [2.45, 2.75) is 51.0 Å². The summed E-state index contributed by atoms with van der Waals surface area (Å²) < 4.78 is 7.28. The van der Waals surface area contributed by atoms with Crippen LogP contribution in [0.1, 0.15) is 55.7 Å². The summed E-state index contributed by atoms with van der Waals surface area (Å²) in [7, 11) is 0. The molecule has 2 aliphatic rings. The maximum absolute atomic E-state index is 13.1. The first-order valence-electron chi connectivity index (χ1n) is 11.5. The molecule has 1 aliphatic carbocycles. The molecule has 0 bridgehead atoms. The fourth-order valence-electron chi connectivity index (χ4n) is 4.71. The molecule has 2 N–H and O–H groups in total. The number of para-hydroxylation sites is 1. The van der Waals surface area contributed by atoms with E-state index in [0.717, 1.165) is 29.1 Å². The zero-order chi connectivity index (χ0) is 23.9. The molecule has 1 saturated carbocycles. The van der Waals surface area contributed by atoms with Gasteiger partial charge in [-0.25, -0.2) is 9.48 Å². The van der Waals surface area contributed by atoms with E-state index in [9.17, 15) is 14.4 Å². The Labute approximate surface area is 197 Å². The van der Waals surface area contributed by atoms with Crippen LogP contribution in [0.25, 0.3) is 5.69 Å². The predicted molar refractivity (Wildman–Crippen MR) is 124 cm³/mol. The van der Waals surface area contributed by atoms with Gasteiger partial charge in [0.05, 0.1) is 11.4 Å². The topological polar surface area (TPSA) is 109 Å². The number of hydrogen-bond acceptors (Lipinski definition) is 5. The molecular weight excluding hydrogens is 434 g/mol. The molecule has 3 aromatic rings. The van der Waals surface area contributed by atoms with Crippen LogP contribution in [0.4, 0.5) is 10.6 Å². The Morgan fingerprint density at radius 3 is 2.59 bits per heavy atom. The van der Waals surface area contributed by atoms with E-state index in [1.807, 2.05) is 36.4 Å². The van der Waals surface area contributed by atoms with Gasteiger partial charge in [0.25, 0.3) is 5.91 Å². The highest BCUT2D eigenvalue weighted by atomic mass is 16.3. The number of hydrogen-bond donors (Lipinski definition) is 2. The lowest BCUT2D eigenvalue weighted by Crippen LogP contribution is -2.42. The molecule has 5 rings (SSSR count). The van der Waals surface area contributed by atoms with Crippen molar-refractivity contribution in [2.75, 3.05) is 11.9 Å². The van der Waals surface area contributed by atoms with Crippen LogP contribution < -0.4 is 10.6 Å². The number of imide groups is 1. The molecule has 1 unspecified atom stereocenters. The van der Waals surface area contributed by atoms with Crippen molar-refractivity contribution in [2.24, 2.45) is 0 Å². The number of anilines is 1. The van der Waals surface area contributed by atoms with Gasteiger partial charge in [0.2, 0.25) is 5.91 Å². The molecule has 1 atom stereocenters. The van der Waals surface area contributed by atoms with Crippen LogP contribution in [-0.2, 0) is 15.1 Å². The van der Waals surface area contributed by atoms with Gasteiger partial charge < -0.3 is 15.1 Å². The maximum Gasteiger partial charge on any atom is 0.325 e. The van der Waals surface area contributed by atoms with E-state index >= 15 is 0 Å². The summed E-state index contributed by atoms with van der Waals surface area (Å²) >= 11 is 0. The molecule has 9 nitrogen and oxygen atoms in total. The Balaban J connectivity index is 1.36. The van der Waals surface area contributed by atoms with E-state index in [1.165, 1.54) is 12.8 Å². The summed E-state index contributed by atoms with van der Waals surface area (Å²) in [6.45, 7) is 2.91. The molecule has 2 aromatic heterocycles. The third-order valence-electron chi connectivity index (χ3n) is 6.58. The molecule has 3 heterocycles. The summed E-state index contributed by atoms with van der Waals surface area (Å²) in [5, 5.41) is 10.3. The largest absolute Gasteiger partial charge is 0.463 e. The molecule has 0 spiro atoms. The van der Waals surface area contributed by atoms with Gasteiger partial charge in [-0.2, -0.15) is 5.10 Å². The minimum Gasteiger partial charge on any atom is -0.463 e. The van der Waals surface area contributed by atoms with Gasteiger partial charge in [-0.05, 0) is 51.0 Å². The standard InChI is InChI=1S/C25H27N5O4/c1-16-12-13-20(34-16)25(2)23(32)29(24(33)27-25)15-22(31)26-21-14-19(17-8-6-7-9-17)28-30(21)18-10-4-3-5-11-18/h3-5,10-14,17H,6-9,15H2,1-2H3,(H,26,31)(H,27,33). The van der Waals surface area contributed by atoms with Crippen LogP contribution in [0.5, 0.6) is 0 Å². The first-order chi connectivity index (χ1) is 16.3. The van der Waals surface area contributed by atoms with Crippen LogP contribution in [0.2, 0.25) is 0 Å². The number of nitrogens with one attached hydrogen (secondary N) is 2. The average molecular weight is 462 g/mol. The number of benzene rings is 1. The van der Waals surface area contributed by atoms with Gasteiger partial charge in [-0.15, -0.1) is 0 Å². The van der Waals surface area contributed by atoms with Crippen molar-refractivity contribution in [1.29, 1.82) is 0 Å². The number of aromatic nitrogens is 2. The van der Waals surface area contributed by atoms with Crippen molar-refractivity contribution in [3.8, 4) is 5.69 Å². The van der Waals surface area contributed by atoms with Crippen LogP contribution >= 0.6 is 0 Å². The van der Waals surface area contributed by atoms with Gasteiger partial charge in [-0.1, -0.05) is 31.0 Å². The number of urea groups is 1. The van der Waals surface area contributed by atoms with Crippen molar-refractivity contribution in [3.63, 3.8) is 0 Å². The summed E-state index contributed by atoms with van der Waals surface area (Å²) in [4.78, 5) is 39.6. The molecule has 4 amide bonds. The molecule has 9 heteroatoms. The Morgan fingerprint density at radius 1 is 1.18 bits per heavy atom. The molecule has 1 saturated heterocycles. The lowest BCUT2D eigenvalue weighted by Gasteiger charge is -2.19. The Bertz CT molecular complexity index is 1240. The zero-order valence-corrected chi connectivity index (χ0v) is 19.2. The minimum atomic E-state index is -1.35. The zero-order valence-electron chi connectivity index (χ0n) is 19.2. The van der Waals surface area contributed by atoms with Crippen LogP contribution in [-0.4, -0.2) is 39.1 Å². The van der Waals surface area contributed by atoms with E-state index in [4.69, 9.17) is 9.52 Å². The van der Waals surface area contributed by atoms with Crippen LogP contribution in [0, 0.1) is 6.92 Å². The first kappa shape index (κ1) is 21.9. The summed E-state index contributed by atoms with van der Waals surface area (Å²) in [6.07, 6.45) is 4.49. The molecular formula is C25H27N5O4. The number of rotatable bonds is 6. The number of aryl methyl sites for hydroxylation is 1. The third kappa shape index (κ3) is 3.87. The summed E-state index contributed by atoms with van der Waals surface area (Å²) in [5.74, 6) is 0.804. The molecule has 1 aromatic carbocycles. The van der Waals surface area contributed by atoms with E-state index in [1.54, 1.807) is 30.7 Å².